The second-order valence-electron chi connectivity index (χ2n) is 8.27. The summed E-state index contributed by atoms with van der Waals surface area (Å²) in [5, 5.41) is 8.84. The minimum atomic E-state index is -0.185. The first kappa shape index (κ1) is 22.3. The SMILES string of the molecule is CNC(=O)c1ccc2c(c1)C(=C(C)Nc1ccc(CN(C)Cc3ccccc3)cc1)C(=O)N2. The van der Waals surface area contributed by atoms with Gasteiger partial charge in [-0.2, -0.15) is 0 Å². The van der Waals surface area contributed by atoms with Crippen LogP contribution in [0.4, 0.5) is 11.4 Å². The molecule has 168 valence electrons. The lowest BCUT2D eigenvalue weighted by Crippen LogP contribution is -2.17. The van der Waals surface area contributed by atoms with E-state index in [9.17, 15) is 9.59 Å². The lowest BCUT2D eigenvalue weighted by atomic mass is 10.0. The van der Waals surface area contributed by atoms with E-state index in [0.717, 1.165) is 30.0 Å². The first-order valence-corrected chi connectivity index (χ1v) is 10.9. The number of amides is 2. The summed E-state index contributed by atoms with van der Waals surface area (Å²) < 4.78 is 0. The molecular weight excluding hydrogens is 412 g/mol. The average molecular weight is 441 g/mol. The van der Waals surface area contributed by atoms with Crippen molar-refractivity contribution in [2.45, 2.75) is 20.0 Å². The van der Waals surface area contributed by atoms with Crippen molar-refractivity contribution in [1.29, 1.82) is 0 Å². The lowest BCUT2D eigenvalue weighted by molar-refractivity contribution is -0.110. The zero-order valence-corrected chi connectivity index (χ0v) is 19.1. The molecule has 3 N–H and O–H groups in total. The molecule has 6 heteroatoms. The average Bonchev–Trinajstić information content (AvgIpc) is 3.15. The summed E-state index contributed by atoms with van der Waals surface area (Å²) >= 11 is 0. The van der Waals surface area contributed by atoms with E-state index < -0.39 is 0 Å². The van der Waals surface area contributed by atoms with Gasteiger partial charge in [-0.05, 0) is 55.4 Å². The fourth-order valence-electron chi connectivity index (χ4n) is 4.06. The molecule has 4 rings (SSSR count). The van der Waals surface area contributed by atoms with E-state index in [4.69, 9.17) is 0 Å². The van der Waals surface area contributed by atoms with Gasteiger partial charge in [-0.3, -0.25) is 14.5 Å². The fraction of sp³-hybridized carbons (Fsp3) is 0.185. The van der Waals surface area contributed by atoms with Crippen LogP contribution in [0.5, 0.6) is 0 Å². The number of nitrogens with zero attached hydrogens (tertiary/aromatic N) is 1. The Morgan fingerprint density at radius 1 is 0.939 bits per heavy atom. The molecule has 0 spiro atoms. The third-order valence-electron chi connectivity index (χ3n) is 5.66. The molecule has 0 radical (unpaired) electrons. The minimum Gasteiger partial charge on any atom is -0.358 e. The maximum atomic E-state index is 12.6. The van der Waals surface area contributed by atoms with Crippen LogP contribution in [0.1, 0.15) is 34.0 Å². The van der Waals surface area contributed by atoms with Crippen molar-refractivity contribution >= 4 is 28.8 Å². The van der Waals surface area contributed by atoms with Gasteiger partial charge in [0.15, 0.2) is 0 Å². The Bertz CT molecular complexity index is 1200. The highest BCUT2D eigenvalue weighted by Crippen LogP contribution is 2.35. The van der Waals surface area contributed by atoms with E-state index in [1.807, 2.05) is 25.1 Å². The number of rotatable bonds is 7. The highest BCUT2D eigenvalue weighted by Gasteiger charge is 2.27. The Morgan fingerprint density at radius 2 is 1.61 bits per heavy atom. The summed E-state index contributed by atoms with van der Waals surface area (Å²) in [7, 11) is 3.70. The van der Waals surface area contributed by atoms with Gasteiger partial charge in [0.2, 0.25) is 0 Å². The van der Waals surface area contributed by atoms with Crippen LogP contribution in [-0.2, 0) is 17.9 Å². The smallest absolute Gasteiger partial charge is 0.258 e. The summed E-state index contributed by atoms with van der Waals surface area (Å²) in [5.41, 5.74) is 6.63. The van der Waals surface area contributed by atoms with Crippen molar-refractivity contribution in [2.24, 2.45) is 0 Å². The summed E-state index contributed by atoms with van der Waals surface area (Å²) in [6.45, 7) is 3.60. The summed E-state index contributed by atoms with van der Waals surface area (Å²) in [6.07, 6.45) is 0. The number of anilines is 2. The van der Waals surface area contributed by atoms with Crippen LogP contribution in [0, 0.1) is 0 Å². The highest BCUT2D eigenvalue weighted by atomic mass is 16.2. The van der Waals surface area contributed by atoms with Gasteiger partial charge in [-0.15, -0.1) is 0 Å². The molecule has 2 amide bonds. The van der Waals surface area contributed by atoms with E-state index in [-0.39, 0.29) is 11.8 Å². The number of hydrogen-bond donors (Lipinski definition) is 3. The summed E-state index contributed by atoms with van der Waals surface area (Å²) in [5.74, 6) is -0.363. The second-order valence-corrected chi connectivity index (χ2v) is 8.27. The number of fused-ring (bicyclic) bond motifs is 1. The molecule has 0 saturated heterocycles. The van der Waals surface area contributed by atoms with E-state index in [1.54, 1.807) is 25.2 Å². The molecule has 1 heterocycles. The molecular formula is C27H28N4O2. The van der Waals surface area contributed by atoms with Crippen LogP contribution in [0.25, 0.3) is 5.57 Å². The molecule has 0 fully saturated rings. The van der Waals surface area contributed by atoms with Crippen LogP contribution in [0.2, 0.25) is 0 Å². The van der Waals surface area contributed by atoms with Crippen molar-refractivity contribution in [3.05, 3.63) is 101 Å². The van der Waals surface area contributed by atoms with Crippen LogP contribution >= 0.6 is 0 Å². The van der Waals surface area contributed by atoms with E-state index in [1.165, 1.54) is 11.1 Å². The Labute approximate surface area is 194 Å². The molecule has 3 aromatic carbocycles. The first-order chi connectivity index (χ1) is 15.9. The number of benzene rings is 3. The molecule has 0 aromatic heterocycles. The van der Waals surface area contributed by atoms with Gasteiger partial charge in [0.1, 0.15) is 0 Å². The number of carbonyl (C=O) groups excluding carboxylic acids is 2. The third kappa shape index (κ3) is 5.13. The zero-order valence-electron chi connectivity index (χ0n) is 19.1. The van der Waals surface area contributed by atoms with Gasteiger partial charge in [-0.25, -0.2) is 0 Å². The first-order valence-electron chi connectivity index (χ1n) is 10.9. The lowest BCUT2D eigenvalue weighted by Gasteiger charge is -2.17. The maximum absolute atomic E-state index is 12.6. The molecule has 0 bridgehead atoms. The van der Waals surface area contributed by atoms with Crippen LogP contribution in [0.15, 0.2) is 78.5 Å². The van der Waals surface area contributed by atoms with Gasteiger partial charge in [0.25, 0.3) is 11.8 Å². The predicted octanol–water partition coefficient (Wildman–Crippen LogP) is 4.47. The molecule has 0 unspecified atom stereocenters. The van der Waals surface area contributed by atoms with Crippen molar-refractivity contribution in [3.8, 4) is 0 Å². The quantitative estimate of drug-likeness (QED) is 0.474. The van der Waals surface area contributed by atoms with Gasteiger partial charge < -0.3 is 16.0 Å². The van der Waals surface area contributed by atoms with Crippen molar-refractivity contribution in [1.82, 2.24) is 10.2 Å². The van der Waals surface area contributed by atoms with Crippen LogP contribution in [0.3, 0.4) is 0 Å². The Balaban J connectivity index is 1.47. The monoisotopic (exact) mass is 440 g/mol. The number of carbonyl (C=O) groups is 2. The molecule has 0 aliphatic carbocycles. The van der Waals surface area contributed by atoms with Gasteiger partial charge in [0, 0.05) is 48.3 Å². The Kier molecular flexibility index (Phi) is 6.56. The van der Waals surface area contributed by atoms with E-state index in [0.29, 0.717) is 16.8 Å². The fourth-order valence-corrected chi connectivity index (χ4v) is 4.06. The largest absolute Gasteiger partial charge is 0.358 e. The van der Waals surface area contributed by atoms with Crippen molar-refractivity contribution in [3.63, 3.8) is 0 Å². The maximum Gasteiger partial charge on any atom is 0.258 e. The standard InChI is InChI=1S/C27H28N4O2/c1-18(25-23-15-21(26(32)28-2)11-14-24(23)30-27(25)33)29-22-12-9-20(10-13-22)17-31(3)16-19-7-5-4-6-8-19/h4-15,29H,16-17H2,1-3H3,(H,28,32)(H,30,33). The molecule has 3 aromatic rings. The van der Waals surface area contributed by atoms with Gasteiger partial charge >= 0.3 is 0 Å². The molecule has 6 nitrogen and oxygen atoms in total. The highest BCUT2D eigenvalue weighted by molar-refractivity contribution is 6.32. The molecule has 0 atom stereocenters. The minimum absolute atomic E-state index is 0.178. The topological polar surface area (TPSA) is 73.5 Å². The van der Waals surface area contributed by atoms with Crippen LogP contribution < -0.4 is 16.0 Å². The van der Waals surface area contributed by atoms with Crippen molar-refractivity contribution in [2.75, 3.05) is 24.7 Å². The Hall–Kier alpha value is -3.90. The molecule has 1 aliphatic heterocycles. The third-order valence-corrected chi connectivity index (χ3v) is 5.66. The van der Waals surface area contributed by atoms with Crippen molar-refractivity contribution < 1.29 is 9.59 Å². The number of hydrogen-bond acceptors (Lipinski definition) is 4. The number of nitrogens with one attached hydrogen (secondary N) is 3. The second kappa shape index (κ2) is 9.71. The Morgan fingerprint density at radius 3 is 2.27 bits per heavy atom. The van der Waals surface area contributed by atoms with Gasteiger partial charge in [0.05, 0.1) is 5.57 Å². The summed E-state index contributed by atoms with van der Waals surface area (Å²) in [6, 6.07) is 23.8. The van der Waals surface area contributed by atoms with Crippen LogP contribution in [-0.4, -0.2) is 30.8 Å². The van der Waals surface area contributed by atoms with Gasteiger partial charge in [-0.1, -0.05) is 42.5 Å². The van der Waals surface area contributed by atoms with E-state index >= 15 is 0 Å². The van der Waals surface area contributed by atoms with E-state index in [2.05, 4.69) is 64.3 Å². The number of allylic oxidation sites excluding steroid dienone is 1. The zero-order chi connectivity index (χ0) is 23.4. The molecule has 1 aliphatic rings. The summed E-state index contributed by atoms with van der Waals surface area (Å²) in [4.78, 5) is 26.9. The predicted molar refractivity (Wildman–Crippen MR) is 133 cm³/mol. The molecule has 0 saturated carbocycles. The normalized spacial score (nSPS) is 14.0. The molecule has 33 heavy (non-hydrogen) atoms.